The SMILES string of the molecule is O=[N+]([O-])c1ccc(C[NH+]2CC[NH2+]CC2)cc1. The molecule has 1 heterocycles. The normalized spacial score (nSPS) is 17.2. The second kappa shape index (κ2) is 5.05. The van der Waals surface area contributed by atoms with Crippen molar-refractivity contribution in [3.8, 4) is 0 Å². The van der Waals surface area contributed by atoms with Gasteiger partial charge in [-0.05, 0) is 12.1 Å². The number of nitrogens with two attached hydrogens (primary N) is 1. The van der Waals surface area contributed by atoms with Crippen LogP contribution in [0, 0.1) is 10.1 Å². The minimum atomic E-state index is -0.355. The molecule has 86 valence electrons. The van der Waals surface area contributed by atoms with Crippen LogP contribution in [-0.2, 0) is 6.54 Å². The number of non-ortho nitro benzene ring substituents is 1. The first-order valence-corrected chi connectivity index (χ1v) is 5.64. The van der Waals surface area contributed by atoms with Gasteiger partial charge in [-0.25, -0.2) is 0 Å². The van der Waals surface area contributed by atoms with E-state index in [1.165, 1.54) is 31.7 Å². The van der Waals surface area contributed by atoms with E-state index in [2.05, 4.69) is 5.32 Å². The van der Waals surface area contributed by atoms with Crippen LogP contribution in [0.1, 0.15) is 5.56 Å². The second-order valence-corrected chi connectivity index (χ2v) is 4.22. The highest BCUT2D eigenvalue weighted by atomic mass is 16.6. The number of rotatable bonds is 3. The second-order valence-electron chi connectivity index (χ2n) is 4.22. The molecular weight excluding hydrogens is 206 g/mol. The van der Waals surface area contributed by atoms with Gasteiger partial charge in [-0.1, -0.05) is 0 Å². The number of nitrogens with one attached hydrogen (secondary N) is 1. The molecule has 1 aliphatic rings. The highest BCUT2D eigenvalue weighted by Crippen LogP contribution is 2.10. The number of hydrogen-bond acceptors (Lipinski definition) is 2. The summed E-state index contributed by atoms with van der Waals surface area (Å²) in [6.07, 6.45) is 0. The summed E-state index contributed by atoms with van der Waals surface area (Å²) in [5.41, 5.74) is 1.35. The van der Waals surface area contributed by atoms with E-state index in [1.807, 2.05) is 12.1 Å². The van der Waals surface area contributed by atoms with Crippen LogP contribution >= 0.6 is 0 Å². The van der Waals surface area contributed by atoms with E-state index < -0.39 is 0 Å². The quantitative estimate of drug-likeness (QED) is 0.487. The van der Waals surface area contributed by atoms with Crippen molar-refractivity contribution in [2.45, 2.75) is 6.54 Å². The standard InChI is InChI=1S/C11H15N3O2/c15-14(16)11-3-1-10(2-4-11)9-13-7-5-12-6-8-13/h1-4,12H,5-9H2/p+2. The molecule has 3 N–H and O–H groups in total. The van der Waals surface area contributed by atoms with Gasteiger partial charge in [0.2, 0.25) is 0 Å². The lowest BCUT2D eigenvalue weighted by Crippen LogP contribution is -3.19. The molecule has 0 radical (unpaired) electrons. The van der Waals surface area contributed by atoms with Gasteiger partial charge in [0.05, 0.1) is 4.92 Å². The van der Waals surface area contributed by atoms with Gasteiger partial charge in [-0.2, -0.15) is 0 Å². The third-order valence-corrected chi connectivity index (χ3v) is 3.01. The van der Waals surface area contributed by atoms with Gasteiger partial charge in [0, 0.05) is 17.7 Å². The fraction of sp³-hybridized carbons (Fsp3) is 0.455. The molecule has 1 aromatic carbocycles. The summed E-state index contributed by atoms with van der Waals surface area (Å²) in [4.78, 5) is 11.7. The van der Waals surface area contributed by atoms with Crippen LogP contribution in [0.2, 0.25) is 0 Å². The van der Waals surface area contributed by atoms with Crippen molar-refractivity contribution in [2.24, 2.45) is 0 Å². The molecular formula is C11H17N3O2+2. The molecule has 0 saturated carbocycles. The van der Waals surface area contributed by atoms with Crippen molar-refractivity contribution in [3.05, 3.63) is 39.9 Å². The van der Waals surface area contributed by atoms with Crippen molar-refractivity contribution >= 4 is 5.69 Å². The van der Waals surface area contributed by atoms with Crippen LogP contribution < -0.4 is 10.2 Å². The van der Waals surface area contributed by atoms with Crippen LogP contribution in [-0.4, -0.2) is 31.1 Å². The number of nitro groups is 1. The monoisotopic (exact) mass is 223 g/mol. The van der Waals surface area contributed by atoms with Crippen LogP contribution in [0.4, 0.5) is 5.69 Å². The zero-order chi connectivity index (χ0) is 11.4. The van der Waals surface area contributed by atoms with Gasteiger partial charge in [-0.15, -0.1) is 0 Å². The Bertz CT molecular complexity index is 358. The van der Waals surface area contributed by atoms with Gasteiger partial charge in [-0.3, -0.25) is 10.1 Å². The average Bonchev–Trinajstić information content (AvgIpc) is 2.31. The molecule has 1 saturated heterocycles. The minimum absolute atomic E-state index is 0.172. The van der Waals surface area contributed by atoms with E-state index in [-0.39, 0.29) is 10.6 Å². The largest absolute Gasteiger partial charge is 0.337 e. The lowest BCUT2D eigenvalue weighted by atomic mass is 10.2. The van der Waals surface area contributed by atoms with E-state index in [0.29, 0.717) is 0 Å². The fourth-order valence-electron chi connectivity index (χ4n) is 2.08. The summed E-state index contributed by atoms with van der Waals surface area (Å²) in [5.74, 6) is 0. The highest BCUT2D eigenvalue weighted by molar-refractivity contribution is 5.32. The van der Waals surface area contributed by atoms with Crippen molar-refractivity contribution in [2.75, 3.05) is 26.2 Å². The van der Waals surface area contributed by atoms with E-state index >= 15 is 0 Å². The molecule has 2 rings (SSSR count). The molecule has 0 bridgehead atoms. The molecule has 0 amide bonds. The van der Waals surface area contributed by atoms with Crippen molar-refractivity contribution in [1.29, 1.82) is 0 Å². The first kappa shape index (κ1) is 11.0. The number of nitro benzene ring substituents is 1. The van der Waals surface area contributed by atoms with Gasteiger partial charge in [0.1, 0.15) is 32.7 Å². The molecule has 0 unspecified atom stereocenters. The van der Waals surface area contributed by atoms with E-state index in [4.69, 9.17) is 0 Å². The average molecular weight is 223 g/mol. The van der Waals surface area contributed by atoms with Crippen LogP contribution in [0.3, 0.4) is 0 Å². The topological polar surface area (TPSA) is 64.2 Å². The Kier molecular flexibility index (Phi) is 3.48. The maximum atomic E-state index is 10.5. The zero-order valence-electron chi connectivity index (χ0n) is 9.19. The lowest BCUT2D eigenvalue weighted by molar-refractivity contribution is -0.958. The van der Waals surface area contributed by atoms with Gasteiger partial charge < -0.3 is 10.2 Å². The van der Waals surface area contributed by atoms with E-state index in [1.54, 1.807) is 17.0 Å². The van der Waals surface area contributed by atoms with Gasteiger partial charge in [0.15, 0.2) is 0 Å². The molecule has 0 aromatic heterocycles. The molecule has 1 fully saturated rings. The van der Waals surface area contributed by atoms with Crippen LogP contribution in [0.15, 0.2) is 24.3 Å². The number of quaternary nitrogens is 2. The number of piperazine rings is 1. The number of nitrogens with zero attached hydrogens (tertiary/aromatic N) is 1. The van der Waals surface area contributed by atoms with E-state index in [9.17, 15) is 10.1 Å². The van der Waals surface area contributed by atoms with Crippen molar-refractivity contribution < 1.29 is 15.1 Å². The first-order chi connectivity index (χ1) is 7.75. The molecule has 0 spiro atoms. The molecule has 1 aliphatic heterocycles. The third kappa shape index (κ3) is 2.77. The Morgan fingerprint density at radius 2 is 1.88 bits per heavy atom. The summed E-state index contributed by atoms with van der Waals surface area (Å²) in [6.45, 7) is 5.70. The molecule has 5 nitrogen and oxygen atoms in total. The number of benzene rings is 1. The van der Waals surface area contributed by atoms with Crippen LogP contribution in [0.5, 0.6) is 0 Å². The van der Waals surface area contributed by atoms with Crippen molar-refractivity contribution in [1.82, 2.24) is 0 Å². The highest BCUT2D eigenvalue weighted by Gasteiger charge is 2.16. The maximum absolute atomic E-state index is 10.5. The predicted molar refractivity (Wildman–Crippen MR) is 59.2 cm³/mol. The summed E-state index contributed by atoms with van der Waals surface area (Å²) in [7, 11) is 0. The molecule has 5 heteroatoms. The summed E-state index contributed by atoms with van der Waals surface area (Å²) < 4.78 is 0. The first-order valence-electron chi connectivity index (χ1n) is 5.64. The molecule has 0 atom stereocenters. The Hall–Kier alpha value is -1.46. The Morgan fingerprint density at radius 3 is 2.44 bits per heavy atom. The Morgan fingerprint density at radius 1 is 1.25 bits per heavy atom. The Balaban J connectivity index is 1.96. The minimum Gasteiger partial charge on any atom is -0.337 e. The van der Waals surface area contributed by atoms with Gasteiger partial charge >= 0.3 is 0 Å². The van der Waals surface area contributed by atoms with Crippen molar-refractivity contribution in [3.63, 3.8) is 0 Å². The smallest absolute Gasteiger partial charge is 0.269 e. The third-order valence-electron chi connectivity index (χ3n) is 3.01. The van der Waals surface area contributed by atoms with Gasteiger partial charge in [0.25, 0.3) is 5.69 Å². The zero-order valence-corrected chi connectivity index (χ0v) is 9.19. The van der Waals surface area contributed by atoms with Crippen LogP contribution in [0.25, 0.3) is 0 Å². The fourth-order valence-corrected chi connectivity index (χ4v) is 2.08. The molecule has 1 aromatic rings. The summed E-state index contributed by atoms with van der Waals surface area (Å²) in [5, 5.41) is 12.8. The number of hydrogen-bond donors (Lipinski definition) is 2. The summed E-state index contributed by atoms with van der Waals surface area (Å²) in [6, 6.07) is 6.91. The Labute approximate surface area is 94.2 Å². The molecule has 0 aliphatic carbocycles. The molecule has 16 heavy (non-hydrogen) atoms. The van der Waals surface area contributed by atoms with E-state index in [0.717, 1.165) is 6.54 Å². The lowest BCUT2D eigenvalue weighted by Gasteiger charge is -2.22. The maximum Gasteiger partial charge on any atom is 0.269 e. The summed E-state index contributed by atoms with van der Waals surface area (Å²) >= 11 is 0. The predicted octanol–water partition coefficient (Wildman–Crippen LogP) is -1.44.